The Labute approximate surface area is 200 Å². The van der Waals surface area contributed by atoms with Crippen LogP contribution in [0.3, 0.4) is 0 Å². The number of ether oxygens (including phenoxy) is 1. The van der Waals surface area contributed by atoms with Gasteiger partial charge in [-0.25, -0.2) is 4.98 Å². The zero-order valence-corrected chi connectivity index (χ0v) is 19.0. The predicted octanol–water partition coefficient (Wildman–Crippen LogP) is 3.62. The monoisotopic (exact) mass is 490 g/mol. The van der Waals surface area contributed by atoms with E-state index in [-0.39, 0.29) is 24.7 Å². The molecule has 2 aliphatic heterocycles. The molecule has 2 unspecified atom stereocenters. The lowest BCUT2D eigenvalue weighted by Crippen LogP contribution is -2.43. The van der Waals surface area contributed by atoms with E-state index in [9.17, 15) is 27.6 Å². The van der Waals surface area contributed by atoms with Crippen LogP contribution in [0.5, 0.6) is 0 Å². The summed E-state index contributed by atoms with van der Waals surface area (Å²) in [7, 11) is 0. The smallest absolute Gasteiger partial charge is 0.419 e. The van der Waals surface area contributed by atoms with Gasteiger partial charge >= 0.3 is 12.1 Å². The number of carbonyl (C=O) groups is 3. The molecule has 1 aromatic heterocycles. The molecule has 2 atom stereocenters. The first-order chi connectivity index (χ1) is 16.6. The van der Waals surface area contributed by atoms with Crippen molar-refractivity contribution in [1.29, 1.82) is 0 Å². The molecule has 8 nitrogen and oxygen atoms in total. The fraction of sp³-hybridized carbons (Fsp3) is 0.417. The van der Waals surface area contributed by atoms with Gasteiger partial charge in [-0.15, -0.1) is 0 Å². The van der Waals surface area contributed by atoms with Crippen molar-refractivity contribution in [3.05, 3.63) is 48.2 Å². The van der Waals surface area contributed by atoms with Crippen molar-refractivity contribution in [2.45, 2.75) is 38.4 Å². The molecule has 186 valence electrons. The van der Waals surface area contributed by atoms with Crippen LogP contribution in [0.25, 0.3) is 0 Å². The lowest BCUT2D eigenvalue weighted by molar-refractivity contribution is -0.152. The second-order valence-electron chi connectivity index (χ2n) is 8.65. The van der Waals surface area contributed by atoms with Gasteiger partial charge in [-0.1, -0.05) is 12.1 Å². The van der Waals surface area contributed by atoms with Crippen molar-refractivity contribution in [1.82, 2.24) is 4.98 Å². The van der Waals surface area contributed by atoms with Crippen LogP contribution in [0, 0.1) is 5.92 Å². The lowest BCUT2D eigenvalue weighted by Gasteiger charge is -2.34. The van der Waals surface area contributed by atoms with Gasteiger partial charge in [0.2, 0.25) is 5.91 Å². The maximum absolute atomic E-state index is 13.4. The fourth-order valence-electron chi connectivity index (χ4n) is 4.52. The topological polar surface area (TPSA) is 91.8 Å². The Morgan fingerprint density at radius 1 is 1.20 bits per heavy atom. The van der Waals surface area contributed by atoms with Crippen molar-refractivity contribution in [3.8, 4) is 0 Å². The SMILES string of the molecule is CC1CC(=O)Nc2ccccc2N1C(=O)COC(=O)C1CCCN(c2ncccc2C(F)(F)F)C1. The number of para-hydroxylation sites is 2. The summed E-state index contributed by atoms with van der Waals surface area (Å²) in [5, 5.41) is 2.76. The number of pyridine rings is 1. The summed E-state index contributed by atoms with van der Waals surface area (Å²) in [6.45, 7) is 1.52. The number of hydrogen-bond acceptors (Lipinski definition) is 6. The van der Waals surface area contributed by atoms with Crippen LogP contribution in [0.1, 0.15) is 31.7 Å². The Morgan fingerprint density at radius 2 is 1.97 bits per heavy atom. The summed E-state index contributed by atoms with van der Waals surface area (Å²) in [6, 6.07) is 8.57. The summed E-state index contributed by atoms with van der Waals surface area (Å²) in [6.07, 6.45) is -2.30. The van der Waals surface area contributed by atoms with Gasteiger partial charge in [-0.05, 0) is 44.0 Å². The number of amides is 2. The van der Waals surface area contributed by atoms with Gasteiger partial charge in [0.1, 0.15) is 5.82 Å². The number of nitrogens with one attached hydrogen (secondary N) is 1. The lowest BCUT2D eigenvalue weighted by atomic mass is 9.97. The number of fused-ring (bicyclic) bond motifs is 1. The molecule has 1 fully saturated rings. The molecule has 1 saturated heterocycles. The Balaban J connectivity index is 1.43. The molecule has 0 aliphatic carbocycles. The minimum Gasteiger partial charge on any atom is -0.455 e. The number of carbonyl (C=O) groups excluding carboxylic acids is 3. The van der Waals surface area contributed by atoms with E-state index < -0.39 is 42.2 Å². The molecule has 1 aromatic carbocycles. The minimum atomic E-state index is -4.57. The maximum Gasteiger partial charge on any atom is 0.419 e. The van der Waals surface area contributed by atoms with Gasteiger partial charge in [-0.3, -0.25) is 14.4 Å². The van der Waals surface area contributed by atoms with Crippen molar-refractivity contribution >= 4 is 35.0 Å². The Bertz CT molecular complexity index is 1120. The first-order valence-corrected chi connectivity index (χ1v) is 11.3. The van der Waals surface area contributed by atoms with Crippen LogP contribution in [0.15, 0.2) is 42.6 Å². The molecule has 0 saturated carbocycles. The third kappa shape index (κ3) is 5.39. The molecule has 35 heavy (non-hydrogen) atoms. The number of hydrogen-bond donors (Lipinski definition) is 1. The number of anilines is 3. The van der Waals surface area contributed by atoms with E-state index in [1.807, 2.05) is 0 Å². The fourth-order valence-corrected chi connectivity index (χ4v) is 4.52. The van der Waals surface area contributed by atoms with Crippen LogP contribution in [0.4, 0.5) is 30.4 Å². The molecule has 4 rings (SSSR count). The van der Waals surface area contributed by atoms with Crippen LogP contribution >= 0.6 is 0 Å². The number of benzene rings is 1. The normalized spacial score (nSPS) is 20.5. The van der Waals surface area contributed by atoms with Crippen molar-refractivity contribution in [3.63, 3.8) is 0 Å². The number of piperidine rings is 1. The molecule has 3 heterocycles. The molecule has 0 spiro atoms. The van der Waals surface area contributed by atoms with Crippen molar-refractivity contribution < 1.29 is 32.3 Å². The first-order valence-electron chi connectivity index (χ1n) is 11.3. The van der Waals surface area contributed by atoms with Gasteiger partial charge in [0.15, 0.2) is 6.61 Å². The maximum atomic E-state index is 13.4. The van der Waals surface area contributed by atoms with Crippen LogP contribution in [0.2, 0.25) is 0 Å². The highest BCUT2D eigenvalue weighted by Crippen LogP contribution is 2.36. The highest BCUT2D eigenvalue weighted by molar-refractivity contribution is 6.05. The summed E-state index contributed by atoms with van der Waals surface area (Å²) in [5.74, 6) is -2.30. The number of alkyl halides is 3. The zero-order chi connectivity index (χ0) is 25.2. The van der Waals surface area contributed by atoms with E-state index in [1.54, 1.807) is 31.2 Å². The number of halogens is 3. The van der Waals surface area contributed by atoms with E-state index in [4.69, 9.17) is 4.74 Å². The first kappa shape index (κ1) is 24.5. The number of aromatic nitrogens is 1. The predicted molar refractivity (Wildman–Crippen MR) is 122 cm³/mol. The van der Waals surface area contributed by atoms with Crippen molar-refractivity contribution in [2.75, 3.05) is 34.8 Å². The average molecular weight is 490 g/mol. The Morgan fingerprint density at radius 3 is 2.74 bits per heavy atom. The largest absolute Gasteiger partial charge is 0.455 e. The molecule has 2 aromatic rings. The van der Waals surface area contributed by atoms with E-state index in [2.05, 4.69) is 10.3 Å². The van der Waals surface area contributed by atoms with E-state index in [1.165, 1.54) is 22.1 Å². The van der Waals surface area contributed by atoms with Crippen LogP contribution < -0.4 is 15.1 Å². The zero-order valence-electron chi connectivity index (χ0n) is 19.0. The van der Waals surface area contributed by atoms with E-state index in [0.717, 1.165) is 6.07 Å². The van der Waals surface area contributed by atoms with E-state index in [0.29, 0.717) is 30.8 Å². The van der Waals surface area contributed by atoms with Crippen molar-refractivity contribution in [2.24, 2.45) is 5.92 Å². The van der Waals surface area contributed by atoms with Gasteiger partial charge in [0.25, 0.3) is 5.91 Å². The molecule has 11 heteroatoms. The van der Waals surface area contributed by atoms with Gasteiger partial charge in [-0.2, -0.15) is 13.2 Å². The van der Waals surface area contributed by atoms with Gasteiger partial charge in [0.05, 0.1) is 22.9 Å². The summed E-state index contributed by atoms with van der Waals surface area (Å²) in [4.78, 5) is 44.7. The second-order valence-corrected chi connectivity index (χ2v) is 8.65. The van der Waals surface area contributed by atoms with Gasteiger partial charge < -0.3 is 19.9 Å². The quantitative estimate of drug-likeness (QED) is 0.659. The Hall–Kier alpha value is -3.63. The number of rotatable bonds is 4. The molecule has 1 N–H and O–H groups in total. The summed E-state index contributed by atoms with van der Waals surface area (Å²) < 4.78 is 45.5. The second kappa shape index (κ2) is 9.93. The molecule has 2 amide bonds. The molecular weight excluding hydrogens is 465 g/mol. The highest BCUT2D eigenvalue weighted by Gasteiger charge is 2.38. The van der Waals surface area contributed by atoms with Crippen LogP contribution in [-0.2, 0) is 25.3 Å². The molecule has 2 aliphatic rings. The molecule has 0 bridgehead atoms. The molecule has 0 radical (unpaired) electrons. The van der Waals surface area contributed by atoms with E-state index >= 15 is 0 Å². The van der Waals surface area contributed by atoms with Gasteiger partial charge in [0, 0.05) is 31.7 Å². The van der Waals surface area contributed by atoms with Crippen LogP contribution in [-0.4, -0.2) is 48.5 Å². The third-order valence-corrected chi connectivity index (χ3v) is 6.11. The summed E-state index contributed by atoms with van der Waals surface area (Å²) >= 11 is 0. The average Bonchev–Trinajstić information content (AvgIpc) is 2.96. The number of esters is 1. The Kier molecular flexibility index (Phi) is 6.95. The number of nitrogens with zero attached hydrogens (tertiary/aromatic N) is 3. The third-order valence-electron chi connectivity index (χ3n) is 6.11. The highest BCUT2D eigenvalue weighted by atomic mass is 19.4. The summed E-state index contributed by atoms with van der Waals surface area (Å²) in [5.41, 5.74) is 0.131. The standard InChI is InChI=1S/C24H25F3N4O4/c1-15-12-20(32)29-18-8-2-3-9-19(18)31(15)21(33)14-35-23(34)16-6-5-11-30(13-16)22-17(24(25,26)27)7-4-10-28-22/h2-4,7-10,15-16H,5-6,11-14H2,1H3,(H,29,32). The molecular formula is C24H25F3N4O4. The minimum absolute atomic E-state index is 0.00842.